The molecule has 0 atom stereocenters. The lowest BCUT2D eigenvalue weighted by atomic mass is 10.1. The van der Waals surface area contributed by atoms with Crippen LogP contribution in [0.2, 0.25) is 0 Å². The van der Waals surface area contributed by atoms with Gasteiger partial charge in [0.2, 0.25) is 0 Å². The quantitative estimate of drug-likeness (QED) is 0.118. The number of benzene rings is 6. The average Bonchev–Trinajstić information content (AvgIpc) is 3.57. The van der Waals surface area contributed by atoms with E-state index in [1.807, 2.05) is 60.7 Å². The molecule has 2 heterocycles. The number of rotatable bonds is 8. The Morgan fingerprint density at radius 3 is 1.06 bits per heavy atom. The fourth-order valence-corrected chi connectivity index (χ4v) is 5.73. The van der Waals surface area contributed by atoms with Crippen LogP contribution in [-0.2, 0) is 0 Å². The van der Waals surface area contributed by atoms with Crippen molar-refractivity contribution in [1.29, 1.82) is 0 Å². The van der Waals surface area contributed by atoms with Crippen molar-refractivity contribution in [1.82, 2.24) is 0 Å². The van der Waals surface area contributed by atoms with Gasteiger partial charge in [-0.25, -0.2) is 9.80 Å². The second kappa shape index (κ2) is 12.9. The zero-order chi connectivity index (χ0) is 34.9. The summed E-state index contributed by atoms with van der Waals surface area (Å²) >= 11 is 0. The zero-order valence-corrected chi connectivity index (χ0v) is 26.6. The molecule has 0 saturated heterocycles. The number of azo groups is 2. The van der Waals surface area contributed by atoms with Crippen molar-refractivity contribution in [3.05, 3.63) is 168 Å². The van der Waals surface area contributed by atoms with E-state index in [2.05, 4.69) is 20.5 Å². The first-order valence-electron chi connectivity index (χ1n) is 15.8. The number of carbonyl (C=O) groups is 4. The Morgan fingerprint density at radius 2 is 0.686 bits per heavy atom. The summed E-state index contributed by atoms with van der Waals surface area (Å²) < 4.78 is 6.03. The van der Waals surface area contributed by atoms with Gasteiger partial charge in [0.1, 0.15) is 11.5 Å². The topological polar surface area (TPSA) is 133 Å². The molecule has 51 heavy (non-hydrogen) atoms. The van der Waals surface area contributed by atoms with Gasteiger partial charge in [0.15, 0.2) is 0 Å². The van der Waals surface area contributed by atoms with Crippen LogP contribution >= 0.6 is 0 Å². The summed E-state index contributed by atoms with van der Waals surface area (Å²) in [5.41, 5.74) is 4.13. The third kappa shape index (κ3) is 5.95. The first-order valence-corrected chi connectivity index (χ1v) is 15.8. The molecule has 0 radical (unpaired) electrons. The van der Waals surface area contributed by atoms with E-state index in [1.54, 1.807) is 60.7 Å². The molecular formula is C40H24N6O5. The summed E-state index contributed by atoms with van der Waals surface area (Å²) in [7, 11) is 0. The van der Waals surface area contributed by atoms with Crippen LogP contribution in [0.3, 0.4) is 0 Å². The second-order valence-electron chi connectivity index (χ2n) is 11.5. The highest BCUT2D eigenvalue weighted by molar-refractivity contribution is 6.35. The van der Waals surface area contributed by atoms with Crippen molar-refractivity contribution in [3.8, 4) is 11.5 Å². The number of anilines is 2. The number of hydrogen-bond acceptors (Lipinski definition) is 9. The van der Waals surface area contributed by atoms with Crippen LogP contribution < -0.4 is 14.5 Å². The Hall–Kier alpha value is -7.40. The van der Waals surface area contributed by atoms with E-state index in [0.717, 1.165) is 9.80 Å². The van der Waals surface area contributed by atoms with Crippen LogP contribution in [0.25, 0.3) is 0 Å². The average molecular weight is 669 g/mol. The van der Waals surface area contributed by atoms with Crippen LogP contribution in [0.15, 0.2) is 166 Å². The van der Waals surface area contributed by atoms with Crippen LogP contribution in [0.4, 0.5) is 34.1 Å². The van der Waals surface area contributed by atoms with E-state index in [9.17, 15) is 19.2 Å². The van der Waals surface area contributed by atoms with Crippen LogP contribution in [-0.4, -0.2) is 23.6 Å². The number of amides is 4. The molecule has 6 aromatic carbocycles. The van der Waals surface area contributed by atoms with Crippen LogP contribution in [0, 0.1) is 0 Å². The van der Waals surface area contributed by atoms with Crippen molar-refractivity contribution in [2.24, 2.45) is 20.5 Å². The van der Waals surface area contributed by atoms with E-state index >= 15 is 0 Å². The highest BCUT2D eigenvalue weighted by atomic mass is 16.5. The lowest BCUT2D eigenvalue weighted by molar-refractivity contribution is 0.0910. The fraction of sp³-hybridized carbons (Fsp3) is 0. The van der Waals surface area contributed by atoms with Gasteiger partial charge in [-0.3, -0.25) is 19.2 Å². The molecule has 2 aliphatic rings. The molecule has 0 spiro atoms. The smallest absolute Gasteiger partial charge is 0.266 e. The Morgan fingerprint density at radius 1 is 0.353 bits per heavy atom. The van der Waals surface area contributed by atoms with Crippen molar-refractivity contribution >= 4 is 57.8 Å². The first-order chi connectivity index (χ1) is 24.9. The summed E-state index contributed by atoms with van der Waals surface area (Å²) in [6.45, 7) is 0. The normalized spacial score (nSPS) is 13.8. The Bertz CT molecular complexity index is 2240. The van der Waals surface area contributed by atoms with Gasteiger partial charge in [0, 0.05) is 0 Å². The summed E-state index contributed by atoms with van der Waals surface area (Å²) in [4.78, 5) is 55.6. The molecule has 0 bridgehead atoms. The third-order valence-electron chi connectivity index (χ3n) is 8.24. The molecule has 6 aromatic rings. The highest BCUT2D eigenvalue weighted by Gasteiger charge is 2.38. The van der Waals surface area contributed by atoms with E-state index in [0.29, 0.717) is 34.1 Å². The maximum atomic E-state index is 13.4. The first kappa shape index (κ1) is 30.9. The number of hydrogen-bond donors (Lipinski definition) is 0. The minimum atomic E-state index is -0.503. The van der Waals surface area contributed by atoms with Gasteiger partial charge in [0.25, 0.3) is 23.6 Å². The molecule has 0 aliphatic carbocycles. The van der Waals surface area contributed by atoms with E-state index in [1.165, 1.54) is 24.3 Å². The highest BCUT2D eigenvalue weighted by Crippen LogP contribution is 2.36. The number of carbonyl (C=O) groups excluding carboxylic acids is 4. The van der Waals surface area contributed by atoms with Gasteiger partial charge in [-0.2, -0.15) is 20.5 Å². The molecule has 2 aliphatic heterocycles. The number of ether oxygens (including phenoxy) is 1. The largest absolute Gasteiger partial charge is 0.457 e. The summed E-state index contributed by atoms with van der Waals surface area (Å²) in [6.07, 6.45) is 0. The van der Waals surface area contributed by atoms with Crippen LogP contribution in [0.5, 0.6) is 11.5 Å². The Labute approximate surface area is 290 Å². The second-order valence-corrected chi connectivity index (χ2v) is 11.5. The molecule has 0 fully saturated rings. The van der Waals surface area contributed by atoms with Gasteiger partial charge in [0.05, 0.1) is 56.4 Å². The molecule has 11 heteroatoms. The number of imide groups is 2. The third-order valence-corrected chi connectivity index (χ3v) is 8.24. The Kier molecular flexibility index (Phi) is 7.82. The molecule has 4 amide bonds. The van der Waals surface area contributed by atoms with Gasteiger partial charge in [-0.1, -0.05) is 36.4 Å². The van der Waals surface area contributed by atoms with Gasteiger partial charge in [-0.05, 0) is 109 Å². The van der Waals surface area contributed by atoms with Gasteiger partial charge >= 0.3 is 0 Å². The monoisotopic (exact) mass is 668 g/mol. The molecule has 8 rings (SSSR count). The zero-order valence-electron chi connectivity index (χ0n) is 26.6. The van der Waals surface area contributed by atoms with Crippen LogP contribution in [0.1, 0.15) is 41.4 Å². The minimum absolute atomic E-state index is 0.177. The molecular weight excluding hydrogens is 644 g/mol. The predicted octanol–water partition coefficient (Wildman–Crippen LogP) is 9.91. The number of nitrogens with zero attached hydrogens (tertiary/aromatic N) is 6. The molecule has 0 N–H and O–H groups in total. The molecule has 0 unspecified atom stereocenters. The molecule has 0 saturated carbocycles. The van der Waals surface area contributed by atoms with E-state index < -0.39 is 23.6 Å². The van der Waals surface area contributed by atoms with E-state index in [-0.39, 0.29) is 33.8 Å². The van der Waals surface area contributed by atoms with Crippen molar-refractivity contribution in [3.63, 3.8) is 0 Å². The van der Waals surface area contributed by atoms with Gasteiger partial charge < -0.3 is 4.74 Å². The maximum absolute atomic E-state index is 13.4. The lowest BCUT2D eigenvalue weighted by Gasteiger charge is -2.13. The predicted molar refractivity (Wildman–Crippen MR) is 189 cm³/mol. The Balaban J connectivity index is 0.963. The number of fused-ring (bicyclic) bond motifs is 2. The van der Waals surface area contributed by atoms with E-state index in [4.69, 9.17) is 4.74 Å². The van der Waals surface area contributed by atoms with Crippen molar-refractivity contribution < 1.29 is 23.9 Å². The van der Waals surface area contributed by atoms with Gasteiger partial charge in [-0.15, -0.1) is 0 Å². The minimum Gasteiger partial charge on any atom is -0.457 e. The summed E-state index contributed by atoms with van der Waals surface area (Å²) in [5, 5.41) is 16.8. The maximum Gasteiger partial charge on any atom is 0.266 e. The summed E-state index contributed by atoms with van der Waals surface area (Å²) in [6, 6.07) is 41.0. The summed E-state index contributed by atoms with van der Waals surface area (Å²) in [5.74, 6) is -1.37. The van der Waals surface area contributed by atoms with Crippen molar-refractivity contribution in [2.45, 2.75) is 0 Å². The van der Waals surface area contributed by atoms with Crippen molar-refractivity contribution in [2.75, 3.05) is 9.80 Å². The lowest BCUT2D eigenvalue weighted by Crippen LogP contribution is -2.29. The SMILES string of the molecule is O=C1c2ccc(Oc3ccc4c(c3)C(=O)N(c3ccc(N=Nc5ccccc5)cc3)C4=O)cc2C(=O)N1c1ccc(N=Nc2ccccc2)cc1. The molecule has 11 nitrogen and oxygen atoms in total. The molecule has 244 valence electrons. The fourth-order valence-electron chi connectivity index (χ4n) is 5.73. The molecule has 0 aromatic heterocycles. The standard InChI is InChI=1S/C40H24N6O5/c47-37-33-21-19-31(23-35(33)39(49)45(37)29-15-11-27(12-16-29)43-41-25-7-3-1-4-8-25)51-32-20-22-34-36(24-32)40(50)46(38(34)48)30-17-13-28(14-18-30)44-42-26-9-5-2-6-10-26/h1-24H.